The highest BCUT2D eigenvalue weighted by Crippen LogP contribution is 2.37. The summed E-state index contributed by atoms with van der Waals surface area (Å²) in [6.07, 6.45) is 1.45. The molecule has 160 valence electrons. The van der Waals surface area contributed by atoms with Crippen molar-refractivity contribution in [1.82, 2.24) is 14.8 Å². The van der Waals surface area contributed by atoms with Crippen LogP contribution in [0.15, 0.2) is 60.1 Å². The number of hydrogen-bond donors (Lipinski definition) is 2. The number of aromatic nitrogens is 3. The van der Waals surface area contributed by atoms with Crippen molar-refractivity contribution in [3.8, 4) is 17.2 Å². The zero-order valence-electron chi connectivity index (χ0n) is 17.7. The number of rotatable bonds is 6. The van der Waals surface area contributed by atoms with E-state index in [1.807, 2.05) is 31.2 Å². The summed E-state index contributed by atoms with van der Waals surface area (Å²) in [6, 6.07) is 12.3. The van der Waals surface area contributed by atoms with E-state index >= 15 is 0 Å². The quantitative estimate of drug-likeness (QED) is 0.630. The Hall–Kier alpha value is -4.01. The minimum absolute atomic E-state index is 0.300. The van der Waals surface area contributed by atoms with Crippen molar-refractivity contribution < 1.29 is 19.0 Å². The van der Waals surface area contributed by atoms with Crippen molar-refractivity contribution in [1.29, 1.82) is 0 Å². The first-order valence-electron chi connectivity index (χ1n) is 9.60. The van der Waals surface area contributed by atoms with Gasteiger partial charge in [-0.25, -0.2) is 4.68 Å². The fraction of sp³-hybridized carbons (Fsp3) is 0.227. The van der Waals surface area contributed by atoms with Gasteiger partial charge in [-0.05, 0) is 36.8 Å². The number of nitrogens with one attached hydrogen (secondary N) is 2. The van der Waals surface area contributed by atoms with Crippen molar-refractivity contribution >= 4 is 17.5 Å². The summed E-state index contributed by atoms with van der Waals surface area (Å²) >= 11 is 0. The molecule has 9 heteroatoms. The Labute approximate surface area is 179 Å². The van der Waals surface area contributed by atoms with Crippen LogP contribution in [-0.4, -0.2) is 42.0 Å². The van der Waals surface area contributed by atoms with Crippen LogP contribution in [0.25, 0.3) is 0 Å². The Morgan fingerprint density at radius 1 is 1.06 bits per heavy atom. The number of methoxy groups -OCH3 is 3. The molecule has 3 aromatic rings. The van der Waals surface area contributed by atoms with E-state index in [-0.39, 0.29) is 5.91 Å². The summed E-state index contributed by atoms with van der Waals surface area (Å²) in [7, 11) is 4.72. The molecule has 2 aromatic carbocycles. The van der Waals surface area contributed by atoms with Crippen molar-refractivity contribution in [2.75, 3.05) is 32.0 Å². The van der Waals surface area contributed by atoms with Gasteiger partial charge < -0.3 is 24.8 Å². The normalized spacial score (nSPS) is 15.0. The molecule has 0 spiro atoms. The number of carbonyl (C=O) groups is 1. The summed E-state index contributed by atoms with van der Waals surface area (Å²) in [5.41, 5.74) is 2.51. The first-order chi connectivity index (χ1) is 15.0. The van der Waals surface area contributed by atoms with Crippen molar-refractivity contribution in [3.63, 3.8) is 0 Å². The van der Waals surface area contributed by atoms with Gasteiger partial charge in [-0.15, -0.1) is 0 Å². The first kappa shape index (κ1) is 20.3. The largest absolute Gasteiger partial charge is 0.497 e. The molecule has 0 aliphatic carbocycles. The molecular formula is C22H23N5O4. The molecule has 0 fully saturated rings. The summed E-state index contributed by atoms with van der Waals surface area (Å²) in [5.74, 6) is 2.07. The SMILES string of the molecule is COc1cccc([C@@H]2C(C(=O)Nc3cc(OC)ccc3OC)=C(C)Nc3ncnn32)c1. The predicted molar refractivity (Wildman–Crippen MR) is 116 cm³/mol. The van der Waals surface area contributed by atoms with E-state index in [1.165, 1.54) is 6.33 Å². The number of allylic oxidation sites excluding steroid dienone is 1. The second kappa shape index (κ2) is 8.39. The van der Waals surface area contributed by atoms with Crippen molar-refractivity contribution in [2.24, 2.45) is 0 Å². The Morgan fingerprint density at radius 2 is 1.84 bits per heavy atom. The maximum Gasteiger partial charge on any atom is 0.255 e. The van der Waals surface area contributed by atoms with Gasteiger partial charge in [-0.2, -0.15) is 10.1 Å². The molecule has 0 bridgehead atoms. The minimum Gasteiger partial charge on any atom is -0.497 e. The van der Waals surface area contributed by atoms with Crippen LogP contribution in [0.2, 0.25) is 0 Å². The van der Waals surface area contributed by atoms with Gasteiger partial charge in [0, 0.05) is 11.8 Å². The van der Waals surface area contributed by atoms with Crippen molar-refractivity contribution in [2.45, 2.75) is 13.0 Å². The third-order valence-corrected chi connectivity index (χ3v) is 5.10. The highest BCUT2D eigenvalue weighted by Gasteiger charge is 2.34. The molecule has 1 aliphatic rings. The Balaban J connectivity index is 1.77. The van der Waals surface area contributed by atoms with E-state index in [9.17, 15) is 4.79 Å². The van der Waals surface area contributed by atoms with Gasteiger partial charge in [-0.1, -0.05) is 12.1 Å². The predicted octanol–water partition coefficient (Wildman–Crippen LogP) is 3.23. The molecule has 1 aliphatic heterocycles. The average molecular weight is 421 g/mol. The van der Waals surface area contributed by atoms with Gasteiger partial charge in [0.15, 0.2) is 0 Å². The average Bonchev–Trinajstić information content (AvgIpc) is 3.25. The maximum atomic E-state index is 13.5. The van der Waals surface area contributed by atoms with Crippen LogP contribution in [-0.2, 0) is 4.79 Å². The fourth-order valence-electron chi connectivity index (χ4n) is 3.61. The van der Waals surface area contributed by atoms with Gasteiger partial charge in [0.1, 0.15) is 29.6 Å². The lowest BCUT2D eigenvalue weighted by atomic mass is 9.94. The van der Waals surface area contributed by atoms with Crippen LogP contribution in [0.5, 0.6) is 17.2 Å². The van der Waals surface area contributed by atoms with Gasteiger partial charge in [0.05, 0.1) is 32.6 Å². The monoisotopic (exact) mass is 421 g/mol. The first-order valence-corrected chi connectivity index (χ1v) is 9.60. The van der Waals surface area contributed by atoms with E-state index in [0.717, 1.165) is 5.56 Å². The molecule has 4 rings (SSSR count). The van der Waals surface area contributed by atoms with E-state index < -0.39 is 6.04 Å². The lowest BCUT2D eigenvalue weighted by Gasteiger charge is -2.29. The minimum atomic E-state index is -0.495. The van der Waals surface area contributed by atoms with E-state index in [0.29, 0.717) is 40.2 Å². The summed E-state index contributed by atoms with van der Waals surface area (Å²) in [6.45, 7) is 1.84. The Bertz CT molecular complexity index is 1150. The molecule has 0 saturated carbocycles. The fourth-order valence-corrected chi connectivity index (χ4v) is 3.61. The molecule has 0 unspecified atom stereocenters. The molecule has 1 atom stereocenters. The number of ether oxygens (including phenoxy) is 3. The number of fused-ring (bicyclic) bond motifs is 1. The number of hydrogen-bond acceptors (Lipinski definition) is 7. The number of amides is 1. The van der Waals surface area contributed by atoms with Gasteiger partial charge in [0.25, 0.3) is 5.91 Å². The zero-order valence-corrected chi connectivity index (χ0v) is 17.7. The number of carbonyl (C=O) groups excluding carboxylic acids is 1. The van der Waals surface area contributed by atoms with Crippen LogP contribution in [0.4, 0.5) is 11.6 Å². The third kappa shape index (κ3) is 3.77. The number of anilines is 2. The highest BCUT2D eigenvalue weighted by molar-refractivity contribution is 6.06. The molecule has 1 aromatic heterocycles. The summed E-state index contributed by atoms with van der Waals surface area (Å²) in [5, 5.41) is 10.5. The van der Waals surface area contributed by atoms with Crippen LogP contribution in [0.3, 0.4) is 0 Å². The highest BCUT2D eigenvalue weighted by atomic mass is 16.5. The van der Waals surface area contributed by atoms with Gasteiger partial charge in [0.2, 0.25) is 5.95 Å². The molecule has 0 radical (unpaired) electrons. The van der Waals surface area contributed by atoms with Crippen LogP contribution in [0.1, 0.15) is 18.5 Å². The lowest BCUT2D eigenvalue weighted by molar-refractivity contribution is -0.113. The molecule has 2 N–H and O–H groups in total. The van der Waals surface area contributed by atoms with Crippen LogP contribution >= 0.6 is 0 Å². The second-order valence-electron chi connectivity index (χ2n) is 6.89. The number of benzene rings is 2. The van der Waals surface area contributed by atoms with Crippen LogP contribution < -0.4 is 24.8 Å². The Kier molecular flexibility index (Phi) is 5.48. The third-order valence-electron chi connectivity index (χ3n) is 5.10. The molecule has 31 heavy (non-hydrogen) atoms. The summed E-state index contributed by atoms with van der Waals surface area (Å²) in [4.78, 5) is 17.8. The molecule has 0 saturated heterocycles. The lowest BCUT2D eigenvalue weighted by Crippen LogP contribution is -2.31. The van der Waals surface area contributed by atoms with E-state index in [1.54, 1.807) is 44.2 Å². The molecule has 2 heterocycles. The van der Waals surface area contributed by atoms with Crippen LogP contribution in [0, 0.1) is 0 Å². The van der Waals surface area contributed by atoms with Crippen molar-refractivity contribution in [3.05, 3.63) is 65.6 Å². The van der Waals surface area contributed by atoms with E-state index in [2.05, 4.69) is 20.7 Å². The zero-order chi connectivity index (χ0) is 22.0. The standard InChI is InChI=1S/C22H23N5O4/c1-13-19(21(28)26-17-11-16(30-3)8-9-18(17)31-4)20(27-22(25-13)23-12-24-27)14-6-5-7-15(10-14)29-2/h5-12,20H,1-4H3,(H,26,28)(H,23,24,25)/t20-/m1/s1. The summed E-state index contributed by atoms with van der Waals surface area (Å²) < 4.78 is 17.7. The second-order valence-corrected chi connectivity index (χ2v) is 6.89. The number of nitrogens with zero attached hydrogens (tertiary/aromatic N) is 3. The van der Waals surface area contributed by atoms with Gasteiger partial charge >= 0.3 is 0 Å². The molecule has 9 nitrogen and oxygen atoms in total. The smallest absolute Gasteiger partial charge is 0.255 e. The maximum absolute atomic E-state index is 13.5. The molecular weight excluding hydrogens is 398 g/mol. The Morgan fingerprint density at radius 3 is 2.58 bits per heavy atom. The topological polar surface area (TPSA) is 99.5 Å². The molecule has 1 amide bonds. The van der Waals surface area contributed by atoms with E-state index in [4.69, 9.17) is 14.2 Å². The van der Waals surface area contributed by atoms with Gasteiger partial charge in [-0.3, -0.25) is 4.79 Å².